The van der Waals surface area contributed by atoms with Gasteiger partial charge in [-0.05, 0) is 51.5 Å². The van der Waals surface area contributed by atoms with E-state index in [9.17, 15) is 20.0 Å². The first-order valence-electron chi connectivity index (χ1n) is 9.76. The lowest BCUT2D eigenvalue weighted by Gasteiger charge is -2.30. The summed E-state index contributed by atoms with van der Waals surface area (Å²) in [5, 5.41) is 27.5. The largest absolute Gasteiger partial charge is 0.389 e. The molecule has 0 saturated heterocycles. The van der Waals surface area contributed by atoms with E-state index in [2.05, 4.69) is 17.6 Å². The fourth-order valence-corrected chi connectivity index (χ4v) is 3.76. The summed E-state index contributed by atoms with van der Waals surface area (Å²) in [5.41, 5.74) is -0.0189. The van der Waals surface area contributed by atoms with Gasteiger partial charge in [-0.2, -0.15) is 0 Å². The molecule has 0 aromatic heterocycles. The Labute approximate surface area is 166 Å². The molecule has 0 radical (unpaired) electrons. The first kappa shape index (κ1) is 21.9. The monoisotopic (exact) mass is 392 g/mol. The average molecular weight is 393 g/mol. The number of likely N-dealkylation sites (N-methyl/N-ethyl adjacent to an activating group) is 1. The van der Waals surface area contributed by atoms with Crippen LogP contribution in [-0.4, -0.2) is 48.2 Å². The number of amides is 1. The van der Waals surface area contributed by atoms with Gasteiger partial charge >= 0.3 is 0 Å². The lowest BCUT2D eigenvalue weighted by molar-refractivity contribution is -0.383. The molecule has 156 valence electrons. The van der Waals surface area contributed by atoms with Crippen LogP contribution < -0.4 is 15.5 Å². The zero-order chi connectivity index (χ0) is 21.1. The van der Waals surface area contributed by atoms with E-state index < -0.39 is 10.5 Å². The van der Waals surface area contributed by atoms with Crippen molar-refractivity contribution in [2.45, 2.75) is 58.1 Å². The number of carbonyl (C=O) groups is 1. The van der Waals surface area contributed by atoms with Gasteiger partial charge in [0.1, 0.15) is 5.69 Å². The predicted molar refractivity (Wildman–Crippen MR) is 111 cm³/mol. The highest BCUT2D eigenvalue weighted by Gasteiger charge is 2.27. The van der Waals surface area contributed by atoms with Gasteiger partial charge in [0.25, 0.3) is 11.6 Å². The molecule has 1 aromatic rings. The molecule has 1 amide bonds. The summed E-state index contributed by atoms with van der Waals surface area (Å²) in [7, 11) is 3.36. The highest BCUT2D eigenvalue weighted by molar-refractivity contribution is 6.02. The highest BCUT2D eigenvalue weighted by atomic mass is 16.6. The second-order valence-corrected chi connectivity index (χ2v) is 8.49. The van der Waals surface area contributed by atoms with Crippen molar-refractivity contribution >= 4 is 23.0 Å². The summed E-state index contributed by atoms with van der Waals surface area (Å²) < 4.78 is 0. The molecule has 0 atom stereocenters. The number of benzene rings is 1. The Bertz CT molecular complexity index is 722. The van der Waals surface area contributed by atoms with E-state index in [0.29, 0.717) is 17.3 Å². The van der Waals surface area contributed by atoms with Crippen LogP contribution in [-0.2, 0) is 0 Å². The second-order valence-electron chi connectivity index (χ2n) is 8.49. The molecule has 2 rings (SSSR count). The van der Waals surface area contributed by atoms with Gasteiger partial charge in [0.2, 0.25) is 0 Å². The maximum Gasteiger partial charge on any atom is 0.293 e. The Morgan fingerprint density at radius 1 is 1.32 bits per heavy atom. The van der Waals surface area contributed by atoms with Crippen LogP contribution >= 0.6 is 0 Å². The molecular weight excluding hydrogens is 360 g/mol. The van der Waals surface area contributed by atoms with Crippen LogP contribution in [0.5, 0.6) is 0 Å². The van der Waals surface area contributed by atoms with Crippen molar-refractivity contribution in [1.29, 1.82) is 0 Å². The van der Waals surface area contributed by atoms with E-state index in [1.807, 2.05) is 0 Å². The SMILES string of the molecule is CNc1cc(N(C)CC(C)(C)O)c(C(=O)N[C@H]2CC[C@H](C)CC2)cc1[N+](=O)[O-]. The number of anilines is 2. The molecule has 1 aliphatic rings. The molecule has 1 aliphatic carbocycles. The van der Waals surface area contributed by atoms with Gasteiger partial charge in [0.05, 0.1) is 21.8 Å². The third kappa shape index (κ3) is 5.58. The standard InChI is InChI=1S/C20H32N4O4/c1-13-6-8-14(9-7-13)22-19(25)15-10-18(24(27)28)16(21-4)11-17(15)23(5)12-20(2,3)26/h10-11,13-14,21,26H,6-9,12H2,1-5H3,(H,22,25)/t13-,14-. The molecule has 8 nitrogen and oxygen atoms in total. The maximum absolute atomic E-state index is 13.0. The number of nitro benzene ring substituents is 1. The predicted octanol–water partition coefficient (Wildman–Crippen LogP) is 3.15. The normalized spacial score (nSPS) is 19.8. The van der Waals surface area contributed by atoms with E-state index in [-0.39, 0.29) is 29.7 Å². The minimum atomic E-state index is -0.983. The van der Waals surface area contributed by atoms with Gasteiger partial charge in [-0.3, -0.25) is 14.9 Å². The van der Waals surface area contributed by atoms with Crippen molar-refractivity contribution in [2.24, 2.45) is 5.92 Å². The number of rotatable bonds is 7. The van der Waals surface area contributed by atoms with E-state index in [0.717, 1.165) is 25.7 Å². The van der Waals surface area contributed by atoms with Gasteiger partial charge in [-0.1, -0.05) is 6.92 Å². The van der Waals surface area contributed by atoms with Crippen molar-refractivity contribution in [3.05, 3.63) is 27.8 Å². The van der Waals surface area contributed by atoms with Crippen LogP contribution in [0.1, 0.15) is 56.8 Å². The minimum Gasteiger partial charge on any atom is -0.389 e. The van der Waals surface area contributed by atoms with Crippen molar-refractivity contribution in [1.82, 2.24) is 5.32 Å². The third-order valence-corrected chi connectivity index (χ3v) is 5.21. The lowest BCUT2D eigenvalue weighted by Crippen LogP contribution is -2.40. The zero-order valence-electron chi connectivity index (χ0n) is 17.4. The Morgan fingerprint density at radius 2 is 1.93 bits per heavy atom. The Morgan fingerprint density at radius 3 is 2.43 bits per heavy atom. The first-order chi connectivity index (χ1) is 13.0. The van der Waals surface area contributed by atoms with E-state index in [1.165, 1.54) is 6.07 Å². The van der Waals surface area contributed by atoms with Gasteiger partial charge in [-0.25, -0.2) is 0 Å². The zero-order valence-corrected chi connectivity index (χ0v) is 17.4. The molecular formula is C20H32N4O4. The first-order valence-corrected chi connectivity index (χ1v) is 9.76. The topological polar surface area (TPSA) is 108 Å². The van der Waals surface area contributed by atoms with Gasteiger partial charge in [0, 0.05) is 32.7 Å². The summed E-state index contributed by atoms with van der Waals surface area (Å²) >= 11 is 0. The quantitative estimate of drug-likeness (QED) is 0.486. The van der Waals surface area contributed by atoms with Crippen LogP contribution in [0.2, 0.25) is 0 Å². The van der Waals surface area contributed by atoms with Gasteiger partial charge in [-0.15, -0.1) is 0 Å². The van der Waals surface area contributed by atoms with Crippen molar-refractivity contribution in [3.8, 4) is 0 Å². The number of nitro groups is 1. The Kier molecular flexibility index (Phi) is 6.87. The summed E-state index contributed by atoms with van der Waals surface area (Å²) in [6.45, 7) is 5.84. The second kappa shape index (κ2) is 8.77. The smallest absolute Gasteiger partial charge is 0.293 e. The highest BCUT2D eigenvalue weighted by Crippen LogP contribution is 2.34. The molecule has 1 fully saturated rings. The Balaban J connectivity index is 2.39. The van der Waals surface area contributed by atoms with Crippen molar-refractivity contribution in [3.63, 3.8) is 0 Å². The number of nitrogens with zero attached hydrogens (tertiary/aromatic N) is 2. The van der Waals surface area contributed by atoms with Crippen LogP contribution in [0.25, 0.3) is 0 Å². The average Bonchev–Trinajstić information content (AvgIpc) is 2.60. The Hall–Kier alpha value is -2.35. The molecule has 1 saturated carbocycles. The molecule has 0 aliphatic heterocycles. The number of aliphatic hydroxyl groups is 1. The number of hydrogen-bond acceptors (Lipinski definition) is 6. The fraction of sp³-hybridized carbons (Fsp3) is 0.650. The third-order valence-electron chi connectivity index (χ3n) is 5.21. The van der Waals surface area contributed by atoms with Crippen LogP contribution in [0.15, 0.2) is 12.1 Å². The fourth-order valence-electron chi connectivity index (χ4n) is 3.76. The summed E-state index contributed by atoms with van der Waals surface area (Å²) in [5.74, 6) is 0.348. The minimum absolute atomic E-state index is 0.0826. The number of hydrogen-bond donors (Lipinski definition) is 3. The molecule has 0 unspecified atom stereocenters. The number of nitrogens with one attached hydrogen (secondary N) is 2. The van der Waals surface area contributed by atoms with E-state index >= 15 is 0 Å². The van der Waals surface area contributed by atoms with Crippen LogP contribution in [0, 0.1) is 16.0 Å². The lowest BCUT2D eigenvalue weighted by atomic mass is 9.87. The summed E-state index contributed by atoms with van der Waals surface area (Å²) in [4.78, 5) is 25.7. The number of carbonyl (C=O) groups excluding carboxylic acids is 1. The molecule has 28 heavy (non-hydrogen) atoms. The van der Waals surface area contributed by atoms with Gasteiger partial charge in [0.15, 0.2) is 0 Å². The van der Waals surface area contributed by atoms with Crippen LogP contribution in [0.3, 0.4) is 0 Å². The van der Waals surface area contributed by atoms with E-state index in [4.69, 9.17) is 0 Å². The van der Waals surface area contributed by atoms with E-state index in [1.54, 1.807) is 38.9 Å². The molecule has 8 heteroatoms. The molecule has 1 aromatic carbocycles. The summed E-state index contributed by atoms with van der Waals surface area (Å²) in [6.07, 6.45) is 3.96. The molecule has 3 N–H and O–H groups in total. The van der Waals surface area contributed by atoms with Crippen molar-refractivity contribution in [2.75, 3.05) is 30.9 Å². The molecule has 0 spiro atoms. The molecule has 0 heterocycles. The van der Waals surface area contributed by atoms with Crippen molar-refractivity contribution < 1.29 is 14.8 Å². The maximum atomic E-state index is 13.0. The van der Waals surface area contributed by atoms with Crippen LogP contribution in [0.4, 0.5) is 17.1 Å². The summed E-state index contributed by atoms with van der Waals surface area (Å²) in [6, 6.07) is 3.00. The van der Waals surface area contributed by atoms with Gasteiger partial charge < -0.3 is 20.6 Å². The molecule has 0 bridgehead atoms.